The molecule has 2 heterocycles. The maximum atomic E-state index is 12.3. The monoisotopic (exact) mass is 315 g/mol. The van der Waals surface area contributed by atoms with Crippen LogP contribution in [0.3, 0.4) is 0 Å². The SMILES string of the molecule is Cc1ccccc1C(=O)Nc1nc(CN2CCCCC2)cs1. The number of thiazole rings is 1. The van der Waals surface area contributed by atoms with Crippen LogP contribution in [0.1, 0.15) is 40.9 Å². The van der Waals surface area contributed by atoms with Crippen LogP contribution in [0.25, 0.3) is 0 Å². The second-order valence-corrected chi connectivity index (χ2v) is 6.61. The van der Waals surface area contributed by atoms with Gasteiger partial charge in [0.1, 0.15) is 0 Å². The predicted molar refractivity (Wildman–Crippen MR) is 90.4 cm³/mol. The Morgan fingerprint density at radius 3 is 2.82 bits per heavy atom. The number of piperidine rings is 1. The molecular weight excluding hydrogens is 294 g/mol. The molecule has 2 aromatic rings. The minimum absolute atomic E-state index is 0.0861. The lowest BCUT2D eigenvalue weighted by atomic mass is 10.1. The summed E-state index contributed by atoms with van der Waals surface area (Å²) in [6.07, 6.45) is 3.90. The molecule has 3 rings (SSSR count). The van der Waals surface area contributed by atoms with Gasteiger partial charge in [-0.25, -0.2) is 4.98 Å². The normalized spacial score (nSPS) is 15.7. The maximum Gasteiger partial charge on any atom is 0.257 e. The first-order valence-corrected chi connectivity index (χ1v) is 8.64. The number of carbonyl (C=O) groups is 1. The Morgan fingerprint density at radius 2 is 2.05 bits per heavy atom. The lowest BCUT2D eigenvalue weighted by molar-refractivity contribution is 0.102. The lowest BCUT2D eigenvalue weighted by Gasteiger charge is -2.25. The molecule has 0 atom stereocenters. The summed E-state index contributed by atoms with van der Waals surface area (Å²) in [5, 5.41) is 5.63. The van der Waals surface area contributed by atoms with Gasteiger partial charge in [-0.05, 0) is 44.5 Å². The van der Waals surface area contributed by atoms with Gasteiger partial charge in [-0.1, -0.05) is 24.6 Å². The fourth-order valence-electron chi connectivity index (χ4n) is 2.78. The van der Waals surface area contributed by atoms with E-state index in [2.05, 4.69) is 15.2 Å². The van der Waals surface area contributed by atoms with Crippen LogP contribution in [0.15, 0.2) is 29.6 Å². The van der Waals surface area contributed by atoms with Crippen LogP contribution in [0.5, 0.6) is 0 Å². The second kappa shape index (κ2) is 7.03. The number of benzene rings is 1. The Hall–Kier alpha value is -1.72. The second-order valence-electron chi connectivity index (χ2n) is 5.75. The van der Waals surface area contributed by atoms with Crippen molar-refractivity contribution < 1.29 is 4.79 Å². The molecule has 5 heteroatoms. The Labute approximate surface area is 135 Å². The smallest absolute Gasteiger partial charge is 0.257 e. The minimum Gasteiger partial charge on any atom is -0.298 e. The summed E-state index contributed by atoms with van der Waals surface area (Å²) >= 11 is 1.50. The van der Waals surface area contributed by atoms with Crippen molar-refractivity contribution >= 4 is 22.4 Å². The molecule has 116 valence electrons. The van der Waals surface area contributed by atoms with E-state index >= 15 is 0 Å². The molecule has 0 spiro atoms. The van der Waals surface area contributed by atoms with Crippen molar-refractivity contribution in [2.45, 2.75) is 32.7 Å². The molecular formula is C17H21N3OS. The van der Waals surface area contributed by atoms with E-state index in [4.69, 9.17) is 0 Å². The number of hydrogen-bond acceptors (Lipinski definition) is 4. The van der Waals surface area contributed by atoms with E-state index in [0.29, 0.717) is 10.7 Å². The molecule has 0 aliphatic carbocycles. The number of likely N-dealkylation sites (tertiary alicyclic amines) is 1. The Balaban J connectivity index is 1.61. The van der Waals surface area contributed by atoms with Crippen LogP contribution in [0.4, 0.5) is 5.13 Å². The molecule has 1 amide bonds. The predicted octanol–water partition coefficient (Wildman–Crippen LogP) is 3.69. The fraction of sp³-hybridized carbons (Fsp3) is 0.412. The highest BCUT2D eigenvalue weighted by molar-refractivity contribution is 7.13. The van der Waals surface area contributed by atoms with Crippen molar-refractivity contribution in [3.63, 3.8) is 0 Å². The fourth-order valence-corrected chi connectivity index (χ4v) is 3.47. The van der Waals surface area contributed by atoms with E-state index in [1.807, 2.05) is 36.6 Å². The zero-order chi connectivity index (χ0) is 15.4. The number of nitrogens with one attached hydrogen (secondary N) is 1. The Bertz CT molecular complexity index is 647. The van der Waals surface area contributed by atoms with Gasteiger partial charge in [0.15, 0.2) is 5.13 Å². The van der Waals surface area contributed by atoms with E-state index in [1.165, 1.54) is 30.6 Å². The van der Waals surface area contributed by atoms with E-state index < -0.39 is 0 Å². The molecule has 0 saturated carbocycles. The van der Waals surface area contributed by atoms with E-state index in [-0.39, 0.29) is 5.91 Å². The number of aryl methyl sites for hydroxylation is 1. The van der Waals surface area contributed by atoms with Crippen molar-refractivity contribution in [1.82, 2.24) is 9.88 Å². The summed E-state index contributed by atoms with van der Waals surface area (Å²) in [5.41, 5.74) is 2.73. The maximum absolute atomic E-state index is 12.3. The zero-order valence-corrected chi connectivity index (χ0v) is 13.7. The summed E-state index contributed by atoms with van der Waals surface area (Å²) in [7, 11) is 0. The molecule has 1 aliphatic rings. The molecule has 0 unspecified atom stereocenters. The lowest BCUT2D eigenvalue weighted by Crippen LogP contribution is -2.29. The molecule has 0 bridgehead atoms. The first-order valence-electron chi connectivity index (χ1n) is 7.76. The van der Waals surface area contributed by atoms with Gasteiger partial charge in [-0.2, -0.15) is 0 Å². The van der Waals surface area contributed by atoms with Crippen molar-refractivity contribution in [2.24, 2.45) is 0 Å². The highest BCUT2D eigenvalue weighted by Crippen LogP contribution is 2.20. The molecule has 1 saturated heterocycles. The van der Waals surface area contributed by atoms with E-state index in [0.717, 1.165) is 30.9 Å². The molecule has 1 aromatic heterocycles. The van der Waals surface area contributed by atoms with Crippen LogP contribution in [0, 0.1) is 6.92 Å². The van der Waals surface area contributed by atoms with Crippen LogP contribution < -0.4 is 5.32 Å². The summed E-state index contributed by atoms with van der Waals surface area (Å²) in [6, 6.07) is 7.60. The number of amides is 1. The number of nitrogens with zero attached hydrogens (tertiary/aromatic N) is 2. The quantitative estimate of drug-likeness (QED) is 0.936. The van der Waals surface area contributed by atoms with Crippen molar-refractivity contribution in [3.05, 3.63) is 46.5 Å². The summed E-state index contributed by atoms with van der Waals surface area (Å²) < 4.78 is 0. The first-order chi connectivity index (χ1) is 10.7. The zero-order valence-electron chi connectivity index (χ0n) is 12.8. The van der Waals surface area contributed by atoms with Gasteiger partial charge in [0, 0.05) is 17.5 Å². The minimum atomic E-state index is -0.0861. The van der Waals surface area contributed by atoms with Crippen LogP contribution in [-0.2, 0) is 6.54 Å². The van der Waals surface area contributed by atoms with Crippen LogP contribution in [0.2, 0.25) is 0 Å². The average Bonchev–Trinajstić information content (AvgIpc) is 2.95. The average molecular weight is 315 g/mol. The van der Waals surface area contributed by atoms with Gasteiger partial charge in [-0.15, -0.1) is 11.3 Å². The molecule has 1 aromatic carbocycles. The van der Waals surface area contributed by atoms with Crippen LogP contribution in [-0.4, -0.2) is 28.9 Å². The number of rotatable bonds is 4. The molecule has 1 N–H and O–H groups in total. The number of aromatic nitrogens is 1. The number of carbonyl (C=O) groups excluding carboxylic acids is 1. The third kappa shape index (κ3) is 3.72. The highest BCUT2D eigenvalue weighted by Gasteiger charge is 2.14. The molecule has 22 heavy (non-hydrogen) atoms. The summed E-state index contributed by atoms with van der Waals surface area (Å²) in [6.45, 7) is 5.14. The van der Waals surface area contributed by atoms with E-state index in [1.54, 1.807) is 0 Å². The summed E-state index contributed by atoms with van der Waals surface area (Å²) in [4.78, 5) is 19.3. The van der Waals surface area contributed by atoms with Gasteiger partial charge < -0.3 is 0 Å². The molecule has 1 fully saturated rings. The summed E-state index contributed by atoms with van der Waals surface area (Å²) in [5.74, 6) is -0.0861. The largest absolute Gasteiger partial charge is 0.298 e. The Morgan fingerprint density at radius 1 is 1.27 bits per heavy atom. The van der Waals surface area contributed by atoms with E-state index in [9.17, 15) is 4.79 Å². The van der Waals surface area contributed by atoms with Gasteiger partial charge in [0.2, 0.25) is 0 Å². The highest BCUT2D eigenvalue weighted by atomic mass is 32.1. The standard InChI is InChI=1S/C17H21N3OS/c1-13-7-3-4-8-15(13)16(21)19-17-18-14(12-22-17)11-20-9-5-2-6-10-20/h3-4,7-8,12H,2,5-6,9-11H2,1H3,(H,18,19,21). The third-order valence-corrected chi connectivity index (χ3v) is 4.80. The molecule has 1 aliphatic heterocycles. The number of hydrogen-bond donors (Lipinski definition) is 1. The van der Waals surface area contributed by atoms with Crippen molar-refractivity contribution in [1.29, 1.82) is 0 Å². The van der Waals surface area contributed by atoms with Crippen molar-refractivity contribution in [2.75, 3.05) is 18.4 Å². The Kier molecular flexibility index (Phi) is 4.85. The van der Waals surface area contributed by atoms with Gasteiger partial charge in [0.05, 0.1) is 5.69 Å². The molecule has 4 nitrogen and oxygen atoms in total. The van der Waals surface area contributed by atoms with Gasteiger partial charge in [-0.3, -0.25) is 15.0 Å². The third-order valence-electron chi connectivity index (χ3n) is 4.00. The van der Waals surface area contributed by atoms with Crippen LogP contribution >= 0.6 is 11.3 Å². The molecule has 0 radical (unpaired) electrons. The van der Waals surface area contributed by atoms with Gasteiger partial charge in [0.25, 0.3) is 5.91 Å². The van der Waals surface area contributed by atoms with Gasteiger partial charge >= 0.3 is 0 Å². The van der Waals surface area contributed by atoms with Crippen molar-refractivity contribution in [3.8, 4) is 0 Å². The number of anilines is 1. The first kappa shape index (κ1) is 15.2. The topological polar surface area (TPSA) is 45.2 Å².